The van der Waals surface area contributed by atoms with E-state index >= 15 is 0 Å². The molecule has 3 nitrogen and oxygen atoms in total. The summed E-state index contributed by atoms with van der Waals surface area (Å²) < 4.78 is 18.0. The van der Waals surface area contributed by atoms with Crippen LogP contribution in [0.2, 0.25) is 0 Å². The molecule has 1 saturated heterocycles. The second-order valence-corrected chi connectivity index (χ2v) is 4.81. The van der Waals surface area contributed by atoms with Crippen molar-refractivity contribution in [2.75, 3.05) is 19.8 Å². The predicted octanol–water partition coefficient (Wildman–Crippen LogP) is 1.63. The van der Waals surface area contributed by atoms with Crippen molar-refractivity contribution in [3.63, 3.8) is 0 Å². The SMILES string of the molecule is CC1(NCC(O)c2ccc(F)cc2)CCOC1. The summed E-state index contributed by atoms with van der Waals surface area (Å²) in [5.74, 6) is -0.287. The van der Waals surface area contributed by atoms with E-state index in [-0.39, 0.29) is 11.4 Å². The van der Waals surface area contributed by atoms with Gasteiger partial charge in [0, 0.05) is 18.7 Å². The number of aliphatic hydroxyl groups is 1. The van der Waals surface area contributed by atoms with Gasteiger partial charge in [0.05, 0.1) is 12.7 Å². The number of β-amino-alcohol motifs (C(OH)–C–C–N with tert-alkyl or cyclic N) is 1. The molecule has 1 fully saturated rings. The van der Waals surface area contributed by atoms with Gasteiger partial charge in [0.2, 0.25) is 0 Å². The molecule has 0 bridgehead atoms. The molecule has 2 atom stereocenters. The van der Waals surface area contributed by atoms with Gasteiger partial charge in [-0.1, -0.05) is 12.1 Å². The largest absolute Gasteiger partial charge is 0.387 e. The maximum absolute atomic E-state index is 12.7. The third kappa shape index (κ3) is 3.25. The van der Waals surface area contributed by atoms with Crippen molar-refractivity contribution >= 4 is 0 Å². The zero-order chi connectivity index (χ0) is 12.3. The lowest BCUT2D eigenvalue weighted by atomic mass is 10.0. The third-order valence-electron chi connectivity index (χ3n) is 3.20. The number of ether oxygens (including phenoxy) is 1. The fourth-order valence-electron chi connectivity index (χ4n) is 1.95. The first-order valence-corrected chi connectivity index (χ1v) is 5.85. The molecule has 1 aromatic rings. The number of nitrogens with one attached hydrogen (secondary N) is 1. The molecule has 0 aliphatic carbocycles. The zero-order valence-corrected chi connectivity index (χ0v) is 9.95. The van der Waals surface area contributed by atoms with Gasteiger partial charge in [0.1, 0.15) is 5.82 Å². The quantitative estimate of drug-likeness (QED) is 0.839. The smallest absolute Gasteiger partial charge is 0.123 e. The van der Waals surface area contributed by atoms with Gasteiger partial charge in [-0.2, -0.15) is 0 Å². The first kappa shape index (κ1) is 12.5. The molecular weight excluding hydrogens is 221 g/mol. The molecule has 4 heteroatoms. The van der Waals surface area contributed by atoms with Crippen LogP contribution in [0, 0.1) is 5.82 Å². The van der Waals surface area contributed by atoms with Crippen molar-refractivity contribution in [3.05, 3.63) is 35.6 Å². The molecule has 0 aromatic heterocycles. The van der Waals surface area contributed by atoms with Gasteiger partial charge in [-0.05, 0) is 31.0 Å². The average Bonchev–Trinajstić information content (AvgIpc) is 2.75. The van der Waals surface area contributed by atoms with Gasteiger partial charge in [0.15, 0.2) is 0 Å². The van der Waals surface area contributed by atoms with Gasteiger partial charge in [0.25, 0.3) is 0 Å². The molecule has 17 heavy (non-hydrogen) atoms. The van der Waals surface area contributed by atoms with Crippen LogP contribution in [-0.4, -0.2) is 30.4 Å². The molecular formula is C13H18FNO2. The Morgan fingerprint density at radius 2 is 2.18 bits per heavy atom. The maximum atomic E-state index is 12.7. The Bertz CT molecular complexity index is 360. The van der Waals surface area contributed by atoms with E-state index in [4.69, 9.17) is 4.74 Å². The lowest BCUT2D eigenvalue weighted by Crippen LogP contribution is -2.44. The summed E-state index contributed by atoms with van der Waals surface area (Å²) in [6.45, 7) is 3.96. The van der Waals surface area contributed by atoms with E-state index < -0.39 is 6.10 Å². The van der Waals surface area contributed by atoms with E-state index in [9.17, 15) is 9.50 Å². The number of hydrogen-bond acceptors (Lipinski definition) is 3. The first-order chi connectivity index (χ1) is 8.09. The van der Waals surface area contributed by atoms with E-state index in [0.717, 1.165) is 18.6 Å². The summed E-state index contributed by atoms with van der Waals surface area (Å²) in [5.41, 5.74) is 0.669. The average molecular weight is 239 g/mol. The molecule has 0 radical (unpaired) electrons. The Kier molecular flexibility index (Phi) is 3.76. The molecule has 2 rings (SSSR count). The van der Waals surface area contributed by atoms with Crippen LogP contribution >= 0.6 is 0 Å². The molecule has 2 N–H and O–H groups in total. The zero-order valence-electron chi connectivity index (χ0n) is 9.95. The molecule has 0 saturated carbocycles. The standard InChI is InChI=1S/C13H18FNO2/c1-13(6-7-17-9-13)15-8-12(16)10-2-4-11(14)5-3-10/h2-5,12,15-16H,6-9H2,1H3. The fraction of sp³-hybridized carbons (Fsp3) is 0.538. The lowest BCUT2D eigenvalue weighted by molar-refractivity contribution is 0.141. The van der Waals surface area contributed by atoms with Crippen LogP contribution in [-0.2, 0) is 4.74 Å². The van der Waals surface area contributed by atoms with Crippen LogP contribution in [0.5, 0.6) is 0 Å². The molecule has 1 aliphatic rings. The number of hydrogen-bond donors (Lipinski definition) is 2. The summed E-state index contributed by atoms with van der Waals surface area (Å²) in [6.07, 6.45) is 0.330. The summed E-state index contributed by atoms with van der Waals surface area (Å²) >= 11 is 0. The van der Waals surface area contributed by atoms with Crippen LogP contribution in [0.4, 0.5) is 4.39 Å². The van der Waals surface area contributed by atoms with Crippen molar-refractivity contribution in [1.29, 1.82) is 0 Å². The normalized spacial score (nSPS) is 26.1. The van der Waals surface area contributed by atoms with Crippen molar-refractivity contribution in [3.8, 4) is 0 Å². The van der Waals surface area contributed by atoms with E-state index in [1.54, 1.807) is 12.1 Å². The third-order valence-corrected chi connectivity index (χ3v) is 3.20. The second kappa shape index (κ2) is 5.12. The topological polar surface area (TPSA) is 41.5 Å². The van der Waals surface area contributed by atoms with Crippen molar-refractivity contribution in [2.24, 2.45) is 0 Å². The fourth-order valence-corrected chi connectivity index (χ4v) is 1.95. The minimum Gasteiger partial charge on any atom is -0.387 e. The van der Waals surface area contributed by atoms with Crippen LogP contribution in [0.25, 0.3) is 0 Å². The molecule has 0 spiro atoms. The van der Waals surface area contributed by atoms with Crippen molar-refractivity contribution in [1.82, 2.24) is 5.32 Å². The van der Waals surface area contributed by atoms with Gasteiger partial charge in [-0.3, -0.25) is 0 Å². The lowest BCUT2D eigenvalue weighted by Gasteiger charge is -2.25. The van der Waals surface area contributed by atoms with E-state index in [1.165, 1.54) is 12.1 Å². The molecule has 1 aromatic carbocycles. The summed E-state index contributed by atoms with van der Waals surface area (Å²) in [5, 5.41) is 13.3. The molecule has 1 heterocycles. The highest BCUT2D eigenvalue weighted by Gasteiger charge is 2.29. The first-order valence-electron chi connectivity index (χ1n) is 5.85. The highest BCUT2D eigenvalue weighted by Crippen LogP contribution is 2.19. The minimum absolute atomic E-state index is 0.0546. The number of rotatable bonds is 4. The highest BCUT2D eigenvalue weighted by molar-refractivity contribution is 5.18. The van der Waals surface area contributed by atoms with Crippen LogP contribution in [0.15, 0.2) is 24.3 Å². The highest BCUT2D eigenvalue weighted by atomic mass is 19.1. The summed E-state index contributed by atoms with van der Waals surface area (Å²) in [6, 6.07) is 5.93. The van der Waals surface area contributed by atoms with E-state index in [2.05, 4.69) is 12.2 Å². The van der Waals surface area contributed by atoms with Gasteiger partial charge in [-0.15, -0.1) is 0 Å². The van der Waals surface area contributed by atoms with Gasteiger partial charge < -0.3 is 15.2 Å². The van der Waals surface area contributed by atoms with E-state index in [0.29, 0.717) is 13.2 Å². The molecule has 2 unspecified atom stereocenters. The number of aliphatic hydroxyl groups excluding tert-OH is 1. The predicted molar refractivity (Wildman–Crippen MR) is 63.2 cm³/mol. The maximum Gasteiger partial charge on any atom is 0.123 e. The van der Waals surface area contributed by atoms with Crippen LogP contribution in [0.3, 0.4) is 0 Å². The summed E-state index contributed by atoms with van der Waals surface area (Å²) in [7, 11) is 0. The van der Waals surface area contributed by atoms with Crippen molar-refractivity contribution in [2.45, 2.75) is 25.0 Å². The summed E-state index contributed by atoms with van der Waals surface area (Å²) in [4.78, 5) is 0. The van der Waals surface area contributed by atoms with Gasteiger partial charge in [-0.25, -0.2) is 4.39 Å². The van der Waals surface area contributed by atoms with Crippen LogP contribution in [0.1, 0.15) is 25.0 Å². The molecule has 0 amide bonds. The Balaban J connectivity index is 1.88. The Morgan fingerprint density at radius 3 is 2.76 bits per heavy atom. The van der Waals surface area contributed by atoms with Gasteiger partial charge >= 0.3 is 0 Å². The van der Waals surface area contributed by atoms with Crippen LogP contribution < -0.4 is 5.32 Å². The minimum atomic E-state index is -0.618. The number of benzene rings is 1. The van der Waals surface area contributed by atoms with E-state index in [1.807, 2.05) is 0 Å². The Labute approximate surface area is 101 Å². The Hall–Kier alpha value is -0.970. The molecule has 94 valence electrons. The molecule has 1 aliphatic heterocycles. The number of halogens is 1. The Morgan fingerprint density at radius 1 is 1.47 bits per heavy atom. The monoisotopic (exact) mass is 239 g/mol. The second-order valence-electron chi connectivity index (χ2n) is 4.81. The van der Waals surface area contributed by atoms with Crippen molar-refractivity contribution < 1.29 is 14.2 Å².